The highest BCUT2D eigenvalue weighted by Crippen LogP contribution is 2.13. The average Bonchev–Trinajstić information content (AvgIpc) is 2.62. The van der Waals surface area contributed by atoms with Crippen LogP contribution in [0.4, 0.5) is 10.5 Å². The van der Waals surface area contributed by atoms with Crippen molar-refractivity contribution in [2.24, 2.45) is 5.92 Å². The van der Waals surface area contributed by atoms with E-state index in [-0.39, 0.29) is 5.92 Å². The Balaban J connectivity index is 2.77. The largest absolute Gasteiger partial charge is 0.444 e. The van der Waals surface area contributed by atoms with E-state index < -0.39 is 35.6 Å². The van der Waals surface area contributed by atoms with E-state index in [1.54, 1.807) is 46.8 Å². The summed E-state index contributed by atoms with van der Waals surface area (Å²) in [7, 11) is 0. The molecule has 1 rings (SSSR count). The number of benzene rings is 1. The molecule has 2 atom stereocenters. The summed E-state index contributed by atoms with van der Waals surface area (Å²) in [6.45, 7) is 12.4. The van der Waals surface area contributed by atoms with Crippen LogP contribution in [0.25, 0.3) is 0 Å². The third-order valence-corrected chi connectivity index (χ3v) is 4.46. The Bertz CT molecular complexity index is 726. The summed E-state index contributed by atoms with van der Waals surface area (Å²) in [6, 6.07) is 5.49. The zero-order chi connectivity index (χ0) is 22.2. The van der Waals surface area contributed by atoms with E-state index in [0.29, 0.717) is 11.0 Å². The molecule has 0 aliphatic rings. The molecule has 1 aromatic rings. The van der Waals surface area contributed by atoms with E-state index in [1.165, 1.54) is 6.08 Å². The highest BCUT2D eigenvalue weighted by atomic mass is 79.9. The monoisotopic (exact) mass is 467 g/mol. The molecule has 0 radical (unpaired) electrons. The molecule has 8 heteroatoms. The normalized spacial score (nSPS) is 13.2. The molecule has 160 valence electrons. The van der Waals surface area contributed by atoms with Gasteiger partial charge in [-0.2, -0.15) is 0 Å². The Kier molecular flexibility index (Phi) is 9.36. The van der Waals surface area contributed by atoms with Crippen LogP contribution in [0.1, 0.15) is 40.2 Å². The Morgan fingerprint density at radius 2 is 1.69 bits per heavy atom. The zero-order valence-corrected chi connectivity index (χ0v) is 19.1. The molecule has 0 saturated carbocycles. The van der Waals surface area contributed by atoms with Crippen molar-refractivity contribution in [3.05, 3.63) is 42.5 Å². The number of carbonyl (C=O) groups is 3. The van der Waals surface area contributed by atoms with Crippen LogP contribution in [0.2, 0.25) is 0 Å². The second-order valence-corrected chi connectivity index (χ2v) is 8.47. The molecule has 7 nitrogen and oxygen atoms in total. The summed E-state index contributed by atoms with van der Waals surface area (Å²) in [5.74, 6) is -1.15. The number of halogens is 1. The van der Waals surface area contributed by atoms with E-state index >= 15 is 0 Å². The molecule has 0 aliphatic heterocycles. The molecule has 29 heavy (non-hydrogen) atoms. The SMILES string of the molecule is C=C[C@H](NC(=O)[C@@H](NC(=O)OC(C)(C)C)C(C)C)C(=O)Nc1ccc(CBr)cc1. The van der Waals surface area contributed by atoms with Gasteiger partial charge in [0.2, 0.25) is 5.91 Å². The number of hydrogen-bond donors (Lipinski definition) is 3. The number of anilines is 1. The molecule has 0 fully saturated rings. The van der Waals surface area contributed by atoms with Gasteiger partial charge in [0.1, 0.15) is 17.7 Å². The van der Waals surface area contributed by atoms with Crippen LogP contribution < -0.4 is 16.0 Å². The number of hydrogen-bond acceptors (Lipinski definition) is 4. The van der Waals surface area contributed by atoms with Gasteiger partial charge in [-0.1, -0.05) is 48.0 Å². The Morgan fingerprint density at radius 1 is 1.10 bits per heavy atom. The predicted molar refractivity (Wildman–Crippen MR) is 118 cm³/mol. The van der Waals surface area contributed by atoms with Crippen molar-refractivity contribution in [1.29, 1.82) is 0 Å². The highest BCUT2D eigenvalue weighted by Gasteiger charge is 2.29. The molecular weight excluding hydrogens is 438 g/mol. The summed E-state index contributed by atoms with van der Waals surface area (Å²) in [6.07, 6.45) is 0.642. The van der Waals surface area contributed by atoms with Crippen LogP contribution in [0, 0.1) is 5.92 Å². The number of amides is 3. The second-order valence-electron chi connectivity index (χ2n) is 7.91. The maximum atomic E-state index is 12.7. The van der Waals surface area contributed by atoms with Gasteiger partial charge < -0.3 is 20.7 Å². The molecular formula is C21H30BrN3O4. The van der Waals surface area contributed by atoms with Crippen LogP contribution in [0.3, 0.4) is 0 Å². The molecule has 3 N–H and O–H groups in total. The van der Waals surface area contributed by atoms with Crippen molar-refractivity contribution in [3.8, 4) is 0 Å². The van der Waals surface area contributed by atoms with Crippen molar-refractivity contribution in [2.45, 2.75) is 57.6 Å². The minimum absolute atomic E-state index is 0.215. The average molecular weight is 468 g/mol. The van der Waals surface area contributed by atoms with Gasteiger partial charge in [-0.05, 0) is 44.4 Å². The fourth-order valence-electron chi connectivity index (χ4n) is 2.34. The molecule has 0 spiro atoms. The topological polar surface area (TPSA) is 96.5 Å². The maximum absolute atomic E-state index is 12.7. The Labute approximate surface area is 180 Å². The van der Waals surface area contributed by atoms with Crippen molar-refractivity contribution in [1.82, 2.24) is 10.6 Å². The van der Waals surface area contributed by atoms with Gasteiger partial charge in [0.15, 0.2) is 0 Å². The van der Waals surface area contributed by atoms with Crippen LogP contribution in [0.15, 0.2) is 36.9 Å². The quantitative estimate of drug-likeness (QED) is 0.400. The third kappa shape index (κ3) is 8.68. The van der Waals surface area contributed by atoms with Crippen LogP contribution in [-0.4, -0.2) is 35.6 Å². The lowest BCUT2D eigenvalue weighted by molar-refractivity contribution is -0.127. The zero-order valence-electron chi connectivity index (χ0n) is 17.5. The lowest BCUT2D eigenvalue weighted by atomic mass is 10.0. The molecule has 0 bridgehead atoms. The third-order valence-electron chi connectivity index (χ3n) is 3.81. The van der Waals surface area contributed by atoms with Crippen molar-refractivity contribution in [3.63, 3.8) is 0 Å². The Hall–Kier alpha value is -2.35. The minimum Gasteiger partial charge on any atom is -0.444 e. The van der Waals surface area contributed by atoms with E-state index in [2.05, 4.69) is 38.5 Å². The van der Waals surface area contributed by atoms with Gasteiger partial charge in [-0.25, -0.2) is 4.79 Å². The minimum atomic E-state index is -0.958. The molecule has 0 saturated heterocycles. The first-order valence-electron chi connectivity index (χ1n) is 9.35. The smallest absolute Gasteiger partial charge is 0.408 e. The van der Waals surface area contributed by atoms with E-state index in [9.17, 15) is 14.4 Å². The first-order chi connectivity index (χ1) is 13.5. The first-order valence-corrected chi connectivity index (χ1v) is 10.5. The van der Waals surface area contributed by atoms with Gasteiger partial charge in [-0.15, -0.1) is 6.58 Å². The fourth-order valence-corrected chi connectivity index (χ4v) is 2.72. The predicted octanol–water partition coefficient (Wildman–Crippen LogP) is 3.74. The molecule has 1 aromatic carbocycles. The molecule has 3 amide bonds. The van der Waals surface area contributed by atoms with Crippen LogP contribution in [0.5, 0.6) is 0 Å². The summed E-state index contributed by atoms with van der Waals surface area (Å²) >= 11 is 3.37. The van der Waals surface area contributed by atoms with Gasteiger partial charge in [0, 0.05) is 11.0 Å². The first kappa shape index (κ1) is 24.7. The molecule has 0 aliphatic carbocycles. The maximum Gasteiger partial charge on any atom is 0.408 e. The number of alkyl carbamates (subject to hydrolysis) is 1. The van der Waals surface area contributed by atoms with E-state index in [4.69, 9.17) is 4.74 Å². The van der Waals surface area contributed by atoms with E-state index in [0.717, 1.165) is 5.56 Å². The van der Waals surface area contributed by atoms with Crippen molar-refractivity contribution < 1.29 is 19.1 Å². The number of ether oxygens (including phenoxy) is 1. The van der Waals surface area contributed by atoms with Gasteiger partial charge in [0.05, 0.1) is 0 Å². The summed E-state index contributed by atoms with van der Waals surface area (Å²) < 4.78 is 5.21. The molecule has 0 aromatic heterocycles. The van der Waals surface area contributed by atoms with E-state index in [1.807, 2.05) is 12.1 Å². The number of alkyl halides is 1. The molecule has 0 heterocycles. The fraction of sp³-hybridized carbons (Fsp3) is 0.476. The summed E-state index contributed by atoms with van der Waals surface area (Å²) in [5, 5.41) is 8.63. The number of nitrogens with one attached hydrogen (secondary N) is 3. The van der Waals surface area contributed by atoms with Crippen LogP contribution in [-0.2, 0) is 19.7 Å². The second kappa shape index (κ2) is 11.0. The summed E-state index contributed by atoms with van der Waals surface area (Å²) in [4.78, 5) is 37.2. The van der Waals surface area contributed by atoms with Crippen molar-refractivity contribution in [2.75, 3.05) is 5.32 Å². The van der Waals surface area contributed by atoms with Gasteiger partial charge >= 0.3 is 6.09 Å². The van der Waals surface area contributed by atoms with Crippen molar-refractivity contribution >= 4 is 39.5 Å². The highest BCUT2D eigenvalue weighted by molar-refractivity contribution is 9.08. The number of rotatable bonds is 8. The van der Waals surface area contributed by atoms with Gasteiger partial charge in [-0.3, -0.25) is 9.59 Å². The lowest BCUT2D eigenvalue weighted by Gasteiger charge is -2.26. The standard InChI is InChI=1S/C21H30BrN3O4/c1-7-16(18(26)23-15-10-8-14(12-22)9-11-15)24-19(27)17(13(2)3)25-20(28)29-21(4,5)6/h7-11,13,16-17H,1,12H2,2-6H3,(H,23,26)(H,24,27)(H,25,28)/t16-,17-/m0/s1. The Morgan fingerprint density at radius 3 is 2.14 bits per heavy atom. The number of carbonyl (C=O) groups excluding carboxylic acids is 3. The summed E-state index contributed by atoms with van der Waals surface area (Å²) in [5.41, 5.74) is 0.994. The molecule has 0 unspecified atom stereocenters. The van der Waals surface area contributed by atoms with Crippen LogP contribution >= 0.6 is 15.9 Å². The lowest BCUT2D eigenvalue weighted by Crippen LogP contribution is -2.54. The van der Waals surface area contributed by atoms with Gasteiger partial charge in [0.25, 0.3) is 5.91 Å².